The van der Waals surface area contributed by atoms with Crippen molar-refractivity contribution in [2.24, 2.45) is 0 Å². The first-order valence-corrected chi connectivity index (χ1v) is 9.73. The number of aromatic nitrogens is 1. The van der Waals surface area contributed by atoms with Gasteiger partial charge in [0.2, 0.25) is 11.8 Å². The zero-order valence-corrected chi connectivity index (χ0v) is 17.1. The van der Waals surface area contributed by atoms with E-state index in [-0.39, 0.29) is 30.6 Å². The number of benzene rings is 3. The molecule has 0 unspecified atom stereocenters. The first kappa shape index (κ1) is 20.4. The van der Waals surface area contributed by atoms with Crippen molar-refractivity contribution in [3.63, 3.8) is 0 Å². The van der Waals surface area contributed by atoms with E-state index in [9.17, 15) is 19.1 Å². The molecular weight excluding hydrogens is 399 g/mol. The number of hydrogen-bond acceptors (Lipinski definition) is 3. The Morgan fingerprint density at radius 1 is 1.03 bits per heavy atom. The highest BCUT2D eigenvalue weighted by Gasteiger charge is 2.23. The highest BCUT2D eigenvalue weighted by Crippen LogP contribution is 2.35. The van der Waals surface area contributed by atoms with E-state index >= 15 is 0 Å². The molecule has 7 heteroatoms. The minimum Gasteiger partial charge on any atom is -0.449 e. The summed E-state index contributed by atoms with van der Waals surface area (Å²) < 4.78 is 20.8. The van der Waals surface area contributed by atoms with E-state index in [4.69, 9.17) is 4.74 Å². The highest BCUT2D eigenvalue weighted by molar-refractivity contribution is 5.93. The van der Waals surface area contributed by atoms with Crippen LogP contribution < -0.4 is 4.74 Å². The molecule has 6 nitrogen and oxygen atoms in total. The lowest BCUT2D eigenvalue weighted by Crippen LogP contribution is -2.24. The van der Waals surface area contributed by atoms with Crippen molar-refractivity contribution in [3.05, 3.63) is 77.6 Å². The van der Waals surface area contributed by atoms with Crippen LogP contribution in [0.2, 0.25) is 0 Å². The molecule has 0 aliphatic rings. The van der Waals surface area contributed by atoms with Crippen molar-refractivity contribution in [2.45, 2.75) is 13.0 Å². The maximum atomic E-state index is 13.9. The number of carbonyl (C=O) groups excluding carboxylic acids is 1. The standard InChI is InChI=1S/C24H21FN2O4/c1-26(2)22(28)13-20-18-8-3-4-9-21(18)27(23(20)31-24(29)30)14-16-7-5-6-15-10-11-17(25)12-19(15)16/h3-12H,13-14H2,1-2H3,(H,29,30). The normalized spacial score (nSPS) is 11.1. The van der Waals surface area contributed by atoms with E-state index in [1.54, 1.807) is 24.7 Å². The Balaban J connectivity index is 1.92. The fraction of sp³-hybridized carbons (Fsp3) is 0.167. The van der Waals surface area contributed by atoms with Crippen molar-refractivity contribution in [1.29, 1.82) is 0 Å². The van der Waals surface area contributed by atoms with E-state index in [2.05, 4.69) is 0 Å². The summed E-state index contributed by atoms with van der Waals surface area (Å²) in [5.41, 5.74) is 2.04. The van der Waals surface area contributed by atoms with E-state index in [0.717, 1.165) is 27.2 Å². The molecule has 0 fully saturated rings. The summed E-state index contributed by atoms with van der Waals surface area (Å²) >= 11 is 0. The van der Waals surface area contributed by atoms with Crippen LogP contribution in [0.1, 0.15) is 11.1 Å². The average Bonchev–Trinajstić information content (AvgIpc) is 3.00. The van der Waals surface area contributed by atoms with Gasteiger partial charge >= 0.3 is 6.16 Å². The Morgan fingerprint density at radius 3 is 2.55 bits per heavy atom. The quantitative estimate of drug-likeness (QED) is 0.476. The van der Waals surface area contributed by atoms with Crippen molar-refractivity contribution < 1.29 is 23.8 Å². The Kier molecular flexibility index (Phi) is 5.33. The second kappa shape index (κ2) is 8.10. The Bertz CT molecular complexity index is 1310. The van der Waals surface area contributed by atoms with Crippen LogP contribution in [-0.4, -0.2) is 40.7 Å². The summed E-state index contributed by atoms with van der Waals surface area (Å²) in [6.07, 6.45) is -1.47. The molecule has 3 aromatic carbocycles. The molecule has 0 saturated heterocycles. The van der Waals surface area contributed by atoms with Crippen LogP contribution in [0.15, 0.2) is 60.7 Å². The van der Waals surface area contributed by atoms with Gasteiger partial charge in [-0.25, -0.2) is 9.18 Å². The molecule has 0 saturated carbocycles. The third kappa shape index (κ3) is 3.94. The van der Waals surface area contributed by atoms with Crippen molar-refractivity contribution >= 4 is 33.7 Å². The van der Waals surface area contributed by atoms with Crippen LogP contribution >= 0.6 is 0 Å². The smallest absolute Gasteiger partial charge is 0.449 e. The zero-order chi connectivity index (χ0) is 22.1. The first-order valence-electron chi connectivity index (χ1n) is 9.73. The second-order valence-corrected chi connectivity index (χ2v) is 7.50. The Morgan fingerprint density at radius 2 is 1.81 bits per heavy atom. The lowest BCUT2D eigenvalue weighted by atomic mass is 10.0. The van der Waals surface area contributed by atoms with Crippen LogP contribution in [0, 0.1) is 5.82 Å². The third-order valence-corrected chi connectivity index (χ3v) is 5.30. The van der Waals surface area contributed by atoms with Crippen molar-refractivity contribution in [1.82, 2.24) is 9.47 Å². The fourth-order valence-corrected chi connectivity index (χ4v) is 3.81. The van der Waals surface area contributed by atoms with E-state index in [1.165, 1.54) is 17.0 Å². The molecule has 31 heavy (non-hydrogen) atoms. The number of carbonyl (C=O) groups is 2. The fourth-order valence-electron chi connectivity index (χ4n) is 3.81. The topological polar surface area (TPSA) is 71.8 Å². The molecule has 0 radical (unpaired) electrons. The van der Waals surface area contributed by atoms with Gasteiger partial charge in [0.1, 0.15) is 5.82 Å². The minimum atomic E-state index is -1.47. The van der Waals surface area contributed by atoms with Gasteiger partial charge in [0.05, 0.1) is 18.5 Å². The summed E-state index contributed by atoms with van der Waals surface area (Å²) in [5, 5.41) is 11.7. The van der Waals surface area contributed by atoms with Gasteiger partial charge in [0, 0.05) is 25.0 Å². The van der Waals surface area contributed by atoms with Crippen LogP contribution in [0.4, 0.5) is 9.18 Å². The van der Waals surface area contributed by atoms with Gasteiger partial charge < -0.3 is 19.3 Å². The molecule has 1 aromatic heterocycles. The molecule has 0 spiro atoms. The summed E-state index contributed by atoms with van der Waals surface area (Å²) in [5.74, 6) is -0.431. The highest BCUT2D eigenvalue weighted by atomic mass is 19.1. The SMILES string of the molecule is CN(C)C(=O)Cc1c(OC(=O)O)n(Cc2cccc3ccc(F)cc23)c2ccccc12. The molecular formula is C24H21FN2O4. The number of rotatable bonds is 5. The molecule has 1 N–H and O–H groups in total. The second-order valence-electron chi connectivity index (χ2n) is 7.50. The van der Waals surface area contributed by atoms with E-state index in [0.29, 0.717) is 5.56 Å². The number of ether oxygens (including phenoxy) is 1. The average molecular weight is 420 g/mol. The van der Waals surface area contributed by atoms with Gasteiger partial charge in [0.15, 0.2) is 0 Å². The van der Waals surface area contributed by atoms with Gasteiger partial charge in [0.25, 0.3) is 0 Å². The number of fused-ring (bicyclic) bond motifs is 2. The molecule has 0 aliphatic carbocycles. The molecule has 4 rings (SSSR count). The number of likely N-dealkylation sites (N-methyl/N-ethyl adjacent to an activating group) is 1. The Labute approximate surface area is 178 Å². The zero-order valence-electron chi connectivity index (χ0n) is 17.1. The van der Waals surface area contributed by atoms with Gasteiger partial charge in [-0.2, -0.15) is 0 Å². The van der Waals surface area contributed by atoms with Crippen LogP contribution in [0.3, 0.4) is 0 Å². The lowest BCUT2D eigenvalue weighted by molar-refractivity contribution is -0.127. The first-order chi connectivity index (χ1) is 14.8. The van der Waals surface area contributed by atoms with Crippen LogP contribution in [-0.2, 0) is 17.8 Å². The molecule has 1 heterocycles. The van der Waals surface area contributed by atoms with Gasteiger partial charge in [-0.1, -0.05) is 42.5 Å². The number of nitrogens with zero attached hydrogens (tertiary/aromatic N) is 2. The lowest BCUT2D eigenvalue weighted by Gasteiger charge is -2.14. The molecule has 4 aromatic rings. The molecule has 0 aliphatic heterocycles. The van der Waals surface area contributed by atoms with Crippen molar-refractivity contribution in [3.8, 4) is 5.88 Å². The number of carboxylic acid groups (broad SMARTS) is 1. The third-order valence-electron chi connectivity index (χ3n) is 5.30. The van der Waals surface area contributed by atoms with Gasteiger partial charge in [-0.3, -0.25) is 4.79 Å². The molecule has 1 amide bonds. The molecule has 158 valence electrons. The predicted molar refractivity (Wildman–Crippen MR) is 116 cm³/mol. The van der Waals surface area contributed by atoms with Gasteiger partial charge in [-0.05, 0) is 34.5 Å². The minimum absolute atomic E-state index is 0.00665. The Hall–Kier alpha value is -3.87. The number of halogens is 1. The summed E-state index contributed by atoms with van der Waals surface area (Å²) in [6, 6.07) is 17.5. The largest absolute Gasteiger partial charge is 0.512 e. The monoisotopic (exact) mass is 420 g/mol. The summed E-state index contributed by atoms with van der Waals surface area (Å²) in [4.78, 5) is 25.4. The maximum Gasteiger partial charge on any atom is 0.512 e. The molecule has 0 bridgehead atoms. The van der Waals surface area contributed by atoms with Crippen LogP contribution in [0.5, 0.6) is 5.88 Å². The van der Waals surface area contributed by atoms with E-state index < -0.39 is 6.16 Å². The summed E-state index contributed by atoms with van der Waals surface area (Å²) in [7, 11) is 3.29. The maximum absolute atomic E-state index is 13.9. The van der Waals surface area contributed by atoms with Gasteiger partial charge in [-0.15, -0.1) is 0 Å². The number of para-hydroxylation sites is 1. The van der Waals surface area contributed by atoms with Crippen LogP contribution in [0.25, 0.3) is 21.7 Å². The molecule has 0 atom stereocenters. The number of amides is 1. The van der Waals surface area contributed by atoms with Crippen molar-refractivity contribution in [2.75, 3.05) is 14.1 Å². The predicted octanol–water partition coefficient (Wildman–Crippen LogP) is 4.67. The summed E-state index contributed by atoms with van der Waals surface area (Å²) in [6.45, 7) is 0.250. The van der Waals surface area contributed by atoms with E-state index in [1.807, 2.05) is 42.5 Å². The number of hydrogen-bond donors (Lipinski definition) is 1.